The Kier molecular flexibility index (Phi) is 4.03. The van der Waals surface area contributed by atoms with Crippen LogP contribution in [0.3, 0.4) is 0 Å². The molecule has 0 radical (unpaired) electrons. The van der Waals surface area contributed by atoms with Crippen LogP contribution in [0.25, 0.3) is 0 Å². The van der Waals surface area contributed by atoms with Crippen molar-refractivity contribution < 1.29 is 9.53 Å². The van der Waals surface area contributed by atoms with Gasteiger partial charge in [0.15, 0.2) is 0 Å². The second-order valence-corrected chi connectivity index (χ2v) is 7.16. The van der Waals surface area contributed by atoms with Gasteiger partial charge in [0.05, 0.1) is 25.9 Å². The van der Waals surface area contributed by atoms with Gasteiger partial charge in [-0.3, -0.25) is 9.78 Å². The third-order valence-electron chi connectivity index (χ3n) is 5.38. The van der Waals surface area contributed by atoms with Crippen LogP contribution in [0.4, 0.5) is 0 Å². The summed E-state index contributed by atoms with van der Waals surface area (Å²) in [5.74, 6) is 0.620. The zero-order chi connectivity index (χ0) is 15.7. The van der Waals surface area contributed by atoms with E-state index in [1.165, 1.54) is 45.1 Å². The number of aromatic nitrogens is 2. The Bertz CT molecular complexity index is 543. The molecular formula is C17H24N4O2. The van der Waals surface area contributed by atoms with Gasteiger partial charge in [0.25, 0.3) is 5.91 Å². The fraction of sp³-hybridized carbons (Fsp3) is 0.706. The monoisotopic (exact) mass is 316 g/mol. The minimum absolute atomic E-state index is 0.0356. The Labute approximate surface area is 136 Å². The van der Waals surface area contributed by atoms with Crippen LogP contribution in [0.2, 0.25) is 0 Å². The number of carbonyl (C=O) groups excluding carboxylic acids is 1. The van der Waals surface area contributed by atoms with Crippen molar-refractivity contribution in [2.24, 2.45) is 5.92 Å². The number of hydrogen-bond donors (Lipinski definition) is 0. The highest BCUT2D eigenvalue weighted by Crippen LogP contribution is 2.36. The van der Waals surface area contributed by atoms with Crippen molar-refractivity contribution in [1.29, 1.82) is 0 Å². The topological polar surface area (TPSA) is 58.6 Å². The van der Waals surface area contributed by atoms with Crippen LogP contribution in [0, 0.1) is 5.92 Å². The first-order valence-electron chi connectivity index (χ1n) is 8.66. The van der Waals surface area contributed by atoms with Gasteiger partial charge in [-0.1, -0.05) is 0 Å². The molecule has 1 aromatic heterocycles. The molecule has 3 fully saturated rings. The minimum Gasteiger partial charge on any atom is -0.371 e. The maximum Gasteiger partial charge on any atom is 0.274 e. The molecule has 4 heterocycles. The van der Waals surface area contributed by atoms with Gasteiger partial charge in [-0.25, -0.2) is 4.98 Å². The largest absolute Gasteiger partial charge is 0.371 e. The molecule has 3 saturated heterocycles. The first-order chi connectivity index (χ1) is 11.2. The van der Waals surface area contributed by atoms with Crippen LogP contribution >= 0.6 is 0 Å². The molecule has 4 rings (SSSR count). The lowest BCUT2D eigenvalue weighted by Gasteiger charge is -2.52. The molecule has 0 aliphatic carbocycles. The van der Waals surface area contributed by atoms with E-state index < -0.39 is 0 Å². The SMILES string of the molecule is O=C(c1cnccn1)N1CC2(CC[C@@H](CN3CCCC3)CO2)C1. The lowest BCUT2D eigenvalue weighted by molar-refractivity contribution is -0.168. The number of carbonyl (C=O) groups is 1. The lowest BCUT2D eigenvalue weighted by atomic mass is 9.82. The van der Waals surface area contributed by atoms with Crippen LogP contribution in [-0.2, 0) is 4.74 Å². The molecule has 1 aromatic rings. The average Bonchev–Trinajstić information content (AvgIpc) is 3.07. The van der Waals surface area contributed by atoms with Crippen LogP contribution in [0.5, 0.6) is 0 Å². The maximum absolute atomic E-state index is 12.3. The standard InChI is InChI=1S/C17H24N4O2/c22-16(15-9-18-5-6-19-15)21-12-17(13-21)4-3-14(11-23-17)10-20-7-1-2-8-20/h5-6,9,14H,1-4,7-8,10-13H2/t14-/m0/s1. The summed E-state index contributed by atoms with van der Waals surface area (Å²) in [5.41, 5.74) is 0.324. The van der Waals surface area contributed by atoms with Gasteiger partial charge in [0.1, 0.15) is 11.3 Å². The second-order valence-electron chi connectivity index (χ2n) is 7.16. The highest BCUT2D eigenvalue weighted by Gasteiger charge is 2.48. The summed E-state index contributed by atoms with van der Waals surface area (Å²) in [5, 5.41) is 0. The van der Waals surface area contributed by atoms with Gasteiger partial charge < -0.3 is 14.5 Å². The van der Waals surface area contributed by atoms with Crippen molar-refractivity contribution in [3.05, 3.63) is 24.3 Å². The van der Waals surface area contributed by atoms with E-state index in [9.17, 15) is 4.79 Å². The zero-order valence-corrected chi connectivity index (χ0v) is 13.5. The quantitative estimate of drug-likeness (QED) is 0.838. The summed E-state index contributed by atoms with van der Waals surface area (Å²) in [6.07, 6.45) is 9.64. The summed E-state index contributed by atoms with van der Waals surface area (Å²) in [6.45, 7) is 5.91. The molecular weight excluding hydrogens is 292 g/mol. The van der Waals surface area contributed by atoms with Crippen LogP contribution in [0.15, 0.2) is 18.6 Å². The number of amides is 1. The van der Waals surface area contributed by atoms with E-state index in [0.29, 0.717) is 24.7 Å². The average molecular weight is 316 g/mol. The molecule has 0 saturated carbocycles. The van der Waals surface area contributed by atoms with Crippen molar-refractivity contribution in [1.82, 2.24) is 19.8 Å². The summed E-state index contributed by atoms with van der Waals surface area (Å²) in [7, 11) is 0. The normalized spacial score (nSPS) is 27.1. The Hall–Kier alpha value is -1.53. The maximum atomic E-state index is 12.3. The second kappa shape index (κ2) is 6.17. The summed E-state index contributed by atoms with van der Waals surface area (Å²) >= 11 is 0. The van der Waals surface area contributed by atoms with Gasteiger partial charge in [-0.2, -0.15) is 0 Å². The molecule has 3 aliphatic rings. The first-order valence-corrected chi connectivity index (χ1v) is 8.66. The molecule has 6 nitrogen and oxygen atoms in total. The van der Waals surface area contributed by atoms with Crippen molar-refractivity contribution in [2.45, 2.75) is 31.3 Å². The van der Waals surface area contributed by atoms with E-state index in [-0.39, 0.29) is 11.5 Å². The summed E-state index contributed by atoms with van der Waals surface area (Å²) in [4.78, 5) is 24.7. The fourth-order valence-corrected chi connectivity index (χ4v) is 4.01. The molecule has 0 N–H and O–H groups in total. The number of ether oxygens (including phenoxy) is 1. The van der Waals surface area contributed by atoms with E-state index in [0.717, 1.165) is 13.0 Å². The minimum atomic E-state index is -0.0978. The lowest BCUT2D eigenvalue weighted by Crippen LogP contribution is -2.66. The molecule has 6 heteroatoms. The third kappa shape index (κ3) is 3.10. The van der Waals surface area contributed by atoms with E-state index in [1.54, 1.807) is 12.4 Å². The van der Waals surface area contributed by atoms with Crippen molar-refractivity contribution in [3.8, 4) is 0 Å². The van der Waals surface area contributed by atoms with Gasteiger partial charge in [-0.15, -0.1) is 0 Å². The number of hydrogen-bond acceptors (Lipinski definition) is 5. The summed E-state index contributed by atoms with van der Waals surface area (Å²) in [6, 6.07) is 0. The number of rotatable bonds is 3. The molecule has 3 aliphatic heterocycles. The van der Waals surface area contributed by atoms with E-state index in [4.69, 9.17) is 4.74 Å². The highest BCUT2D eigenvalue weighted by molar-refractivity contribution is 5.92. The Morgan fingerprint density at radius 1 is 1.30 bits per heavy atom. The van der Waals surface area contributed by atoms with Gasteiger partial charge in [0.2, 0.25) is 0 Å². The number of nitrogens with zero attached hydrogens (tertiary/aromatic N) is 4. The molecule has 0 aromatic carbocycles. The van der Waals surface area contributed by atoms with Crippen molar-refractivity contribution in [2.75, 3.05) is 39.3 Å². The third-order valence-corrected chi connectivity index (χ3v) is 5.38. The van der Waals surface area contributed by atoms with Crippen LogP contribution in [0.1, 0.15) is 36.2 Å². The van der Waals surface area contributed by atoms with E-state index in [1.807, 2.05) is 4.90 Å². The Balaban J connectivity index is 1.26. The fourth-order valence-electron chi connectivity index (χ4n) is 4.01. The predicted molar refractivity (Wildman–Crippen MR) is 85.0 cm³/mol. The van der Waals surface area contributed by atoms with Crippen LogP contribution < -0.4 is 0 Å². The Morgan fingerprint density at radius 3 is 2.78 bits per heavy atom. The van der Waals surface area contributed by atoms with Crippen LogP contribution in [-0.4, -0.2) is 70.6 Å². The van der Waals surface area contributed by atoms with Gasteiger partial charge in [0, 0.05) is 18.9 Å². The molecule has 1 atom stereocenters. The first kappa shape index (κ1) is 15.0. The molecule has 0 bridgehead atoms. The molecule has 1 amide bonds. The van der Waals surface area contributed by atoms with Gasteiger partial charge >= 0.3 is 0 Å². The van der Waals surface area contributed by atoms with E-state index in [2.05, 4.69) is 14.9 Å². The smallest absolute Gasteiger partial charge is 0.274 e. The molecule has 124 valence electrons. The highest BCUT2D eigenvalue weighted by atomic mass is 16.5. The van der Waals surface area contributed by atoms with Crippen molar-refractivity contribution in [3.63, 3.8) is 0 Å². The van der Waals surface area contributed by atoms with Crippen molar-refractivity contribution >= 4 is 5.91 Å². The van der Waals surface area contributed by atoms with Gasteiger partial charge in [-0.05, 0) is 44.7 Å². The van der Waals surface area contributed by atoms with E-state index >= 15 is 0 Å². The Morgan fingerprint density at radius 2 is 2.13 bits per heavy atom. The predicted octanol–water partition coefficient (Wildman–Crippen LogP) is 1.19. The molecule has 1 spiro atoms. The zero-order valence-electron chi connectivity index (χ0n) is 13.5. The number of likely N-dealkylation sites (tertiary alicyclic amines) is 2. The molecule has 0 unspecified atom stereocenters. The molecule has 23 heavy (non-hydrogen) atoms. The summed E-state index contributed by atoms with van der Waals surface area (Å²) < 4.78 is 6.18.